The molecule has 0 aliphatic heterocycles. The number of halogens is 3. The van der Waals surface area contributed by atoms with Crippen molar-refractivity contribution in [1.29, 1.82) is 0 Å². The predicted octanol–water partition coefficient (Wildman–Crippen LogP) is 4.27. The van der Waals surface area contributed by atoms with Crippen LogP contribution >= 0.6 is 50.9 Å². The number of alkyl halides is 1. The highest BCUT2D eigenvalue weighted by Crippen LogP contribution is 2.29. The molecule has 3 nitrogen and oxygen atoms in total. The summed E-state index contributed by atoms with van der Waals surface area (Å²) < 4.78 is 1.82. The highest BCUT2D eigenvalue weighted by atomic mass is 79.9. The van der Waals surface area contributed by atoms with Crippen molar-refractivity contribution in [3.63, 3.8) is 0 Å². The van der Waals surface area contributed by atoms with E-state index in [0.29, 0.717) is 5.02 Å². The van der Waals surface area contributed by atoms with Crippen molar-refractivity contribution in [2.45, 2.75) is 16.8 Å². The molecule has 0 aliphatic carbocycles. The van der Waals surface area contributed by atoms with E-state index in [2.05, 4.69) is 26.2 Å². The highest BCUT2D eigenvalue weighted by Gasteiger charge is 2.03. The number of aryl methyl sites for hydroxylation is 1. The van der Waals surface area contributed by atoms with Gasteiger partial charge in [-0.3, -0.25) is 4.68 Å². The molecule has 1 aromatic heterocycles. The molecule has 96 valence electrons. The molecule has 0 aliphatic rings. The fraction of sp³-hybridized carbons (Fsp3) is 0.273. The molecule has 7 heteroatoms. The third-order valence-corrected chi connectivity index (χ3v) is 4.48. The average Bonchev–Trinajstić information content (AvgIpc) is 2.81. The molecule has 0 radical (unpaired) electrons. The Bertz CT molecular complexity index is 533. The molecule has 0 saturated heterocycles. The zero-order valence-corrected chi connectivity index (χ0v) is 13.2. The Morgan fingerprint density at radius 3 is 2.89 bits per heavy atom. The Balaban J connectivity index is 1.90. The summed E-state index contributed by atoms with van der Waals surface area (Å²) in [4.78, 5) is 0.991. The monoisotopic (exact) mass is 365 g/mol. The van der Waals surface area contributed by atoms with Gasteiger partial charge in [0.2, 0.25) is 0 Å². The van der Waals surface area contributed by atoms with Crippen molar-refractivity contribution in [3.8, 4) is 0 Å². The Hall–Kier alpha value is -0.230. The second kappa shape index (κ2) is 6.80. The summed E-state index contributed by atoms with van der Waals surface area (Å²) in [7, 11) is 0. The van der Waals surface area contributed by atoms with Gasteiger partial charge in [-0.1, -0.05) is 44.3 Å². The van der Waals surface area contributed by atoms with Gasteiger partial charge >= 0.3 is 0 Å². The van der Waals surface area contributed by atoms with Gasteiger partial charge in [-0.2, -0.15) is 0 Å². The standard InChI is InChI=1S/C11H10BrCl2N3S/c12-6-9-7-17(16-15-9)3-4-18-11-5-8(13)1-2-10(11)14/h1-2,5,7H,3-4,6H2. The fourth-order valence-corrected chi connectivity index (χ4v) is 3.04. The van der Waals surface area contributed by atoms with Crippen LogP contribution in [0, 0.1) is 0 Å². The second-order valence-electron chi connectivity index (χ2n) is 3.53. The van der Waals surface area contributed by atoms with Crippen molar-refractivity contribution in [2.75, 3.05) is 5.75 Å². The first kappa shape index (κ1) is 14.2. The number of thioether (sulfide) groups is 1. The van der Waals surface area contributed by atoms with Crippen molar-refractivity contribution in [2.24, 2.45) is 0 Å². The van der Waals surface area contributed by atoms with Crippen LogP contribution in [0.1, 0.15) is 5.69 Å². The van der Waals surface area contributed by atoms with Crippen LogP contribution in [0.5, 0.6) is 0 Å². The van der Waals surface area contributed by atoms with Crippen molar-refractivity contribution in [1.82, 2.24) is 15.0 Å². The first-order valence-electron chi connectivity index (χ1n) is 5.22. The van der Waals surface area contributed by atoms with Gasteiger partial charge in [0, 0.05) is 27.2 Å². The van der Waals surface area contributed by atoms with E-state index in [-0.39, 0.29) is 0 Å². The number of hydrogen-bond acceptors (Lipinski definition) is 3. The summed E-state index contributed by atoms with van der Waals surface area (Å²) in [6, 6.07) is 5.47. The van der Waals surface area contributed by atoms with Gasteiger partial charge in [-0.25, -0.2) is 0 Å². The quantitative estimate of drug-likeness (QED) is 0.584. The maximum absolute atomic E-state index is 6.08. The van der Waals surface area contributed by atoms with E-state index in [1.165, 1.54) is 0 Å². The maximum Gasteiger partial charge on any atom is 0.0932 e. The molecule has 0 amide bonds. The van der Waals surface area contributed by atoms with E-state index in [0.717, 1.165) is 33.2 Å². The molecule has 0 bridgehead atoms. The van der Waals surface area contributed by atoms with Crippen LogP contribution in [0.4, 0.5) is 0 Å². The minimum Gasteiger partial charge on any atom is -0.251 e. The van der Waals surface area contributed by atoms with E-state index in [9.17, 15) is 0 Å². The van der Waals surface area contributed by atoms with Gasteiger partial charge in [0.25, 0.3) is 0 Å². The first-order valence-corrected chi connectivity index (χ1v) is 8.08. The molecular formula is C11H10BrCl2N3S. The van der Waals surface area contributed by atoms with Crippen molar-refractivity contribution >= 4 is 50.9 Å². The van der Waals surface area contributed by atoms with Gasteiger partial charge in [-0.15, -0.1) is 16.9 Å². The van der Waals surface area contributed by atoms with Crippen LogP contribution in [-0.2, 0) is 11.9 Å². The third kappa shape index (κ3) is 3.88. The fourth-order valence-electron chi connectivity index (χ4n) is 1.35. The van der Waals surface area contributed by atoms with Crippen LogP contribution in [-0.4, -0.2) is 20.7 Å². The van der Waals surface area contributed by atoms with Gasteiger partial charge in [0.05, 0.1) is 17.3 Å². The molecule has 1 aromatic carbocycles. The van der Waals surface area contributed by atoms with E-state index in [4.69, 9.17) is 23.2 Å². The predicted molar refractivity (Wildman–Crippen MR) is 79.8 cm³/mol. The molecule has 2 rings (SSSR count). The van der Waals surface area contributed by atoms with Gasteiger partial charge < -0.3 is 0 Å². The first-order chi connectivity index (χ1) is 8.69. The SMILES string of the molecule is Clc1ccc(Cl)c(SCCn2cc(CBr)nn2)c1. The van der Waals surface area contributed by atoms with Crippen LogP contribution < -0.4 is 0 Å². The minimum atomic E-state index is 0.698. The Morgan fingerprint density at radius 1 is 1.33 bits per heavy atom. The van der Waals surface area contributed by atoms with E-state index in [1.807, 2.05) is 23.0 Å². The zero-order chi connectivity index (χ0) is 13.0. The van der Waals surface area contributed by atoms with Crippen molar-refractivity contribution < 1.29 is 0 Å². The lowest BCUT2D eigenvalue weighted by molar-refractivity contribution is 0.632. The molecule has 0 N–H and O–H groups in total. The summed E-state index contributed by atoms with van der Waals surface area (Å²) in [6.45, 7) is 0.785. The molecule has 0 atom stereocenters. The lowest BCUT2D eigenvalue weighted by atomic mass is 10.4. The van der Waals surface area contributed by atoms with E-state index >= 15 is 0 Å². The van der Waals surface area contributed by atoms with Crippen LogP contribution in [0.25, 0.3) is 0 Å². The smallest absolute Gasteiger partial charge is 0.0932 e. The summed E-state index contributed by atoms with van der Waals surface area (Å²) in [5.41, 5.74) is 0.931. The van der Waals surface area contributed by atoms with E-state index in [1.54, 1.807) is 17.8 Å². The van der Waals surface area contributed by atoms with Crippen LogP contribution in [0.3, 0.4) is 0 Å². The third-order valence-electron chi connectivity index (χ3n) is 2.19. The maximum atomic E-state index is 6.08. The molecule has 2 aromatic rings. The van der Waals surface area contributed by atoms with Gasteiger partial charge in [0.1, 0.15) is 0 Å². The van der Waals surface area contributed by atoms with Gasteiger partial charge in [-0.05, 0) is 18.2 Å². The summed E-state index contributed by atoms with van der Waals surface area (Å²) in [5, 5.41) is 10.2. The molecule has 18 heavy (non-hydrogen) atoms. The molecule has 0 saturated carbocycles. The lowest BCUT2D eigenvalue weighted by Crippen LogP contribution is -2.01. The van der Waals surface area contributed by atoms with Gasteiger partial charge in [0.15, 0.2) is 0 Å². The highest BCUT2D eigenvalue weighted by molar-refractivity contribution is 9.08. The molecule has 0 fully saturated rings. The normalized spacial score (nSPS) is 10.8. The van der Waals surface area contributed by atoms with Crippen LogP contribution in [0.2, 0.25) is 10.0 Å². The van der Waals surface area contributed by atoms with Crippen molar-refractivity contribution in [3.05, 3.63) is 40.1 Å². The zero-order valence-electron chi connectivity index (χ0n) is 9.31. The molecule has 1 heterocycles. The van der Waals surface area contributed by atoms with E-state index < -0.39 is 0 Å². The lowest BCUT2D eigenvalue weighted by Gasteiger charge is -2.04. The topological polar surface area (TPSA) is 30.7 Å². The summed E-state index contributed by atoms with van der Waals surface area (Å²) >= 11 is 17.0. The largest absolute Gasteiger partial charge is 0.251 e. The molecule has 0 unspecified atom stereocenters. The summed E-state index contributed by atoms with van der Waals surface area (Å²) in [5.74, 6) is 0.866. The molecular weight excluding hydrogens is 357 g/mol. The number of aromatic nitrogens is 3. The van der Waals surface area contributed by atoms with Crippen LogP contribution in [0.15, 0.2) is 29.3 Å². The average molecular weight is 367 g/mol. The number of nitrogens with zero attached hydrogens (tertiary/aromatic N) is 3. The summed E-state index contributed by atoms with van der Waals surface area (Å²) in [6.07, 6.45) is 1.93. The Kier molecular flexibility index (Phi) is 5.36. The molecule has 0 spiro atoms. The second-order valence-corrected chi connectivity index (χ2v) is 6.07. The minimum absolute atomic E-state index is 0.698. The number of benzene rings is 1. The Morgan fingerprint density at radius 2 is 2.17 bits per heavy atom. The Labute approximate surface area is 128 Å². The number of rotatable bonds is 5. The number of hydrogen-bond donors (Lipinski definition) is 0.